The van der Waals surface area contributed by atoms with Crippen molar-refractivity contribution in [3.05, 3.63) is 34.1 Å². The van der Waals surface area contributed by atoms with E-state index in [1.165, 1.54) is 6.07 Å². The first-order chi connectivity index (χ1) is 8.61. The zero-order valence-corrected chi connectivity index (χ0v) is 12.1. The molecule has 1 aromatic carbocycles. The van der Waals surface area contributed by atoms with Gasteiger partial charge in [-0.15, -0.1) is 0 Å². The normalized spacial score (nSPS) is 26.0. The van der Waals surface area contributed by atoms with Crippen LogP contribution in [0.4, 0.5) is 4.39 Å². The number of benzene rings is 1. The van der Waals surface area contributed by atoms with Gasteiger partial charge in [0, 0.05) is 16.1 Å². The van der Waals surface area contributed by atoms with Crippen molar-refractivity contribution >= 4 is 15.9 Å². The number of piperidine rings is 1. The van der Waals surface area contributed by atoms with Gasteiger partial charge in [0.2, 0.25) is 0 Å². The monoisotopic (exact) mass is 315 g/mol. The fourth-order valence-corrected chi connectivity index (χ4v) is 2.94. The third-order valence-corrected chi connectivity index (χ3v) is 4.28. The van der Waals surface area contributed by atoms with Gasteiger partial charge in [-0.25, -0.2) is 4.39 Å². The maximum absolute atomic E-state index is 13.8. The summed E-state index contributed by atoms with van der Waals surface area (Å²) in [5, 5.41) is 13.6. The summed E-state index contributed by atoms with van der Waals surface area (Å²) >= 11 is 3.22. The standard InChI is InChI=1S/C14H19BrFNO/c1-2-9-5-6-17-13(7-9)14(18)11-4-3-10(15)8-12(11)16/h3-4,8-9,13-14,17-18H,2,5-7H2,1H3. The summed E-state index contributed by atoms with van der Waals surface area (Å²) < 4.78 is 14.5. The van der Waals surface area contributed by atoms with E-state index in [0.29, 0.717) is 16.0 Å². The smallest absolute Gasteiger partial charge is 0.130 e. The maximum atomic E-state index is 13.8. The van der Waals surface area contributed by atoms with Crippen molar-refractivity contribution < 1.29 is 9.50 Å². The molecule has 1 aliphatic rings. The van der Waals surface area contributed by atoms with Crippen LogP contribution in [0.25, 0.3) is 0 Å². The number of halogens is 2. The molecule has 0 saturated carbocycles. The lowest BCUT2D eigenvalue weighted by atomic mass is 9.86. The van der Waals surface area contributed by atoms with Crippen LogP contribution in [-0.2, 0) is 0 Å². The number of rotatable bonds is 3. The zero-order chi connectivity index (χ0) is 13.1. The van der Waals surface area contributed by atoms with Crippen LogP contribution in [0.3, 0.4) is 0 Å². The van der Waals surface area contributed by atoms with Crippen molar-refractivity contribution in [3.8, 4) is 0 Å². The Morgan fingerprint density at radius 3 is 3.00 bits per heavy atom. The highest BCUT2D eigenvalue weighted by atomic mass is 79.9. The summed E-state index contributed by atoms with van der Waals surface area (Å²) in [4.78, 5) is 0. The average molecular weight is 316 g/mol. The van der Waals surface area contributed by atoms with E-state index in [9.17, 15) is 9.50 Å². The Morgan fingerprint density at radius 2 is 2.33 bits per heavy atom. The van der Waals surface area contributed by atoms with Gasteiger partial charge in [0.1, 0.15) is 5.82 Å². The zero-order valence-electron chi connectivity index (χ0n) is 10.5. The van der Waals surface area contributed by atoms with Crippen LogP contribution in [0.1, 0.15) is 37.9 Å². The van der Waals surface area contributed by atoms with Crippen LogP contribution >= 0.6 is 15.9 Å². The molecule has 0 spiro atoms. The highest BCUT2D eigenvalue weighted by Crippen LogP contribution is 2.29. The van der Waals surface area contributed by atoms with Crippen LogP contribution < -0.4 is 5.32 Å². The molecular weight excluding hydrogens is 297 g/mol. The molecule has 0 aliphatic carbocycles. The molecule has 1 aliphatic heterocycles. The molecule has 0 bridgehead atoms. The molecule has 2 rings (SSSR count). The Labute approximate surface area is 116 Å². The Morgan fingerprint density at radius 1 is 1.56 bits per heavy atom. The molecule has 18 heavy (non-hydrogen) atoms. The second-order valence-electron chi connectivity index (χ2n) is 4.97. The topological polar surface area (TPSA) is 32.3 Å². The second-order valence-corrected chi connectivity index (χ2v) is 5.89. The molecule has 100 valence electrons. The van der Waals surface area contributed by atoms with Gasteiger partial charge in [-0.1, -0.05) is 35.3 Å². The first-order valence-corrected chi connectivity index (χ1v) is 7.27. The molecule has 1 saturated heterocycles. The summed E-state index contributed by atoms with van der Waals surface area (Å²) in [6, 6.07) is 4.78. The Hall–Kier alpha value is -0.450. The van der Waals surface area contributed by atoms with Crippen LogP contribution in [-0.4, -0.2) is 17.7 Å². The van der Waals surface area contributed by atoms with Crippen molar-refractivity contribution in [2.45, 2.75) is 38.3 Å². The van der Waals surface area contributed by atoms with Crippen molar-refractivity contribution in [3.63, 3.8) is 0 Å². The van der Waals surface area contributed by atoms with E-state index in [1.54, 1.807) is 12.1 Å². The van der Waals surface area contributed by atoms with Crippen LogP contribution in [0.15, 0.2) is 22.7 Å². The molecule has 4 heteroatoms. The van der Waals surface area contributed by atoms with Crippen LogP contribution in [0, 0.1) is 11.7 Å². The number of hydrogen-bond acceptors (Lipinski definition) is 2. The fourth-order valence-electron chi connectivity index (χ4n) is 2.60. The molecule has 3 atom stereocenters. The lowest BCUT2D eigenvalue weighted by Crippen LogP contribution is -2.42. The molecule has 2 N–H and O–H groups in total. The first kappa shape index (κ1) is 14.0. The lowest BCUT2D eigenvalue weighted by Gasteiger charge is -2.33. The van der Waals surface area contributed by atoms with Crippen molar-refractivity contribution in [2.75, 3.05) is 6.54 Å². The van der Waals surface area contributed by atoms with Gasteiger partial charge < -0.3 is 10.4 Å². The van der Waals surface area contributed by atoms with Gasteiger partial charge in [-0.05, 0) is 37.4 Å². The summed E-state index contributed by atoms with van der Waals surface area (Å²) in [5.41, 5.74) is 0.382. The highest BCUT2D eigenvalue weighted by molar-refractivity contribution is 9.10. The number of nitrogens with one attached hydrogen (secondary N) is 1. The summed E-state index contributed by atoms with van der Waals surface area (Å²) in [7, 11) is 0. The average Bonchev–Trinajstić information content (AvgIpc) is 2.38. The third-order valence-electron chi connectivity index (χ3n) is 3.79. The number of aliphatic hydroxyl groups excluding tert-OH is 1. The maximum Gasteiger partial charge on any atom is 0.130 e. The van der Waals surface area contributed by atoms with Crippen molar-refractivity contribution in [1.29, 1.82) is 0 Å². The van der Waals surface area contributed by atoms with E-state index in [1.807, 2.05) is 0 Å². The van der Waals surface area contributed by atoms with E-state index >= 15 is 0 Å². The predicted molar refractivity (Wildman–Crippen MR) is 73.9 cm³/mol. The SMILES string of the molecule is CCC1CCNC(C(O)c2ccc(Br)cc2F)C1. The van der Waals surface area contributed by atoms with Gasteiger partial charge in [0.25, 0.3) is 0 Å². The molecular formula is C14H19BrFNO. The molecule has 0 radical (unpaired) electrons. The van der Waals surface area contributed by atoms with Crippen molar-refractivity contribution in [2.24, 2.45) is 5.92 Å². The van der Waals surface area contributed by atoms with Gasteiger partial charge >= 0.3 is 0 Å². The van der Waals surface area contributed by atoms with Gasteiger partial charge in [0.05, 0.1) is 6.10 Å². The highest BCUT2D eigenvalue weighted by Gasteiger charge is 2.28. The number of hydrogen-bond donors (Lipinski definition) is 2. The minimum Gasteiger partial charge on any atom is -0.387 e. The minimum atomic E-state index is -0.771. The minimum absolute atomic E-state index is 0.0422. The lowest BCUT2D eigenvalue weighted by molar-refractivity contribution is 0.0948. The summed E-state index contributed by atoms with van der Waals surface area (Å²) in [6.07, 6.45) is 2.40. The molecule has 0 amide bonds. The van der Waals surface area contributed by atoms with Gasteiger partial charge in [-0.2, -0.15) is 0 Å². The van der Waals surface area contributed by atoms with E-state index < -0.39 is 6.10 Å². The Bertz CT molecular complexity index is 413. The van der Waals surface area contributed by atoms with Gasteiger partial charge in [-0.3, -0.25) is 0 Å². The Balaban J connectivity index is 2.12. The predicted octanol–water partition coefficient (Wildman–Crippen LogP) is 3.40. The molecule has 2 nitrogen and oxygen atoms in total. The first-order valence-electron chi connectivity index (χ1n) is 6.48. The van der Waals surface area contributed by atoms with E-state index in [-0.39, 0.29) is 11.9 Å². The molecule has 3 unspecified atom stereocenters. The molecule has 1 fully saturated rings. The summed E-state index contributed by atoms with van der Waals surface area (Å²) in [6.45, 7) is 3.07. The molecule has 0 aromatic heterocycles. The number of aliphatic hydroxyl groups is 1. The molecule has 1 aromatic rings. The quantitative estimate of drug-likeness (QED) is 0.896. The Kier molecular flexibility index (Phi) is 4.76. The second kappa shape index (κ2) is 6.13. The fraction of sp³-hybridized carbons (Fsp3) is 0.571. The van der Waals surface area contributed by atoms with Gasteiger partial charge in [0.15, 0.2) is 0 Å². The van der Waals surface area contributed by atoms with E-state index in [4.69, 9.17) is 0 Å². The largest absolute Gasteiger partial charge is 0.387 e. The van der Waals surface area contributed by atoms with Crippen LogP contribution in [0.5, 0.6) is 0 Å². The van der Waals surface area contributed by atoms with E-state index in [0.717, 1.165) is 25.8 Å². The van der Waals surface area contributed by atoms with E-state index in [2.05, 4.69) is 28.2 Å². The third kappa shape index (κ3) is 3.11. The van der Waals surface area contributed by atoms with Crippen LogP contribution in [0.2, 0.25) is 0 Å². The van der Waals surface area contributed by atoms with Crippen molar-refractivity contribution in [1.82, 2.24) is 5.32 Å². The summed E-state index contributed by atoms with van der Waals surface area (Å²) in [5.74, 6) is 0.279. The molecule has 1 heterocycles.